The van der Waals surface area contributed by atoms with Crippen molar-refractivity contribution >= 4 is 17.4 Å². The molecule has 3 rings (SSSR count). The van der Waals surface area contributed by atoms with Crippen molar-refractivity contribution in [1.29, 1.82) is 0 Å². The number of rotatable bonds is 4. The standard InChI is InChI=1S/C20H20N4O2/c1-13-9-14(2)11-17(10-13)22-20(25)21-16-6-4-5-15(12-16)18-7-8-19(26-3)24-23-18/h4-12H,1-3H3,(H2,21,22,25). The SMILES string of the molecule is COc1ccc(-c2cccc(NC(=O)Nc3cc(C)cc(C)c3)c2)nn1. The van der Waals surface area contributed by atoms with Crippen LogP contribution in [-0.2, 0) is 0 Å². The largest absolute Gasteiger partial charge is 0.480 e. The van der Waals surface area contributed by atoms with E-state index in [0.717, 1.165) is 22.4 Å². The summed E-state index contributed by atoms with van der Waals surface area (Å²) in [6.07, 6.45) is 0. The second-order valence-corrected chi connectivity index (χ2v) is 6.00. The fourth-order valence-corrected chi connectivity index (χ4v) is 2.68. The second-order valence-electron chi connectivity index (χ2n) is 6.00. The zero-order chi connectivity index (χ0) is 18.5. The van der Waals surface area contributed by atoms with Gasteiger partial charge in [0.25, 0.3) is 0 Å². The van der Waals surface area contributed by atoms with Gasteiger partial charge in [-0.3, -0.25) is 0 Å². The highest BCUT2D eigenvalue weighted by molar-refractivity contribution is 6.00. The summed E-state index contributed by atoms with van der Waals surface area (Å²) in [5.41, 5.74) is 5.17. The van der Waals surface area contributed by atoms with Crippen LogP contribution in [0.5, 0.6) is 5.88 Å². The molecule has 0 aliphatic carbocycles. The number of benzene rings is 2. The summed E-state index contributed by atoms with van der Waals surface area (Å²) in [4.78, 5) is 12.3. The van der Waals surface area contributed by atoms with Gasteiger partial charge in [-0.25, -0.2) is 4.79 Å². The molecule has 1 heterocycles. The molecule has 2 N–H and O–H groups in total. The molecular weight excluding hydrogens is 328 g/mol. The summed E-state index contributed by atoms with van der Waals surface area (Å²) in [5, 5.41) is 13.8. The molecule has 3 aromatic rings. The number of aryl methyl sites for hydroxylation is 2. The number of hydrogen-bond donors (Lipinski definition) is 2. The minimum Gasteiger partial charge on any atom is -0.480 e. The lowest BCUT2D eigenvalue weighted by Crippen LogP contribution is -2.19. The minimum atomic E-state index is -0.298. The number of methoxy groups -OCH3 is 1. The zero-order valence-corrected chi connectivity index (χ0v) is 14.9. The highest BCUT2D eigenvalue weighted by atomic mass is 16.5. The van der Waals surface area contributed by atoms with Crippen LogP contribution in [-0.4, -0.2) is 23.3 Å². The maximum absolute atomic E-state index is 12.3. The predicted molar refractivity (Wildman–Crippen MR) is 103 cm³/mol. The number of amides is 2. The summed E-state index contributed by atoms with van der Waals surface area (Å²) in [6.45, 7) is 3.99. The van der Waals surface area contributed by atoms with E-state index in [1.54, 1.807) is 13.2 Å². The van der Waals surface area contributed by atoms with E-state index in [4.69, 9.17) is 4.74 Å². The number of aromatic nitrogens is 2. The smallest absolute Gasteiger partial charge is 0.323 e. The summed E-state index contributed by atoms with van der Waals surface area (Å²) in [5.74, 6) is 0.454. The van der Waals surface area contributed by atoms with Gasteiger partial charge >= 0.3 is 6.03 Å². The van der Waals surface area contributed by atoms with Crippen molar-refractivity contribution in [3.63, 3.8) is 0 Å². The highest BCUT2D eigenvalue weighted by Crippen LogP contribution is 2.22. The maximum Gasteiger partial charge on any atom is 0.323 e. The molecule has 132 valence electrons. The molecule has 1 aromatic heterocycles. The first-order valence-electron chi connectivity index (χ1n) is 8.18. The minimum absolute atomic E-state index is 0.298. The first-order valence-corrected chi connectivity index (χ1v) is 8.18. The lowest BCUT2D eigenvalue weighted by Gasteiger charge is -2.10. The van der Waals surface area contributed by atoms with Crippen LogP contribution in [0.15, 0.2) is 54.6 Å². The zero-order valence-electron chi connectivity index (χ0n) is 14.9. The molecule has 0 aliphatic rings. The molecule has 6 nitrogen and oxygen atoms in total. The Morgan fingerprint density at radius 3 is 2.27 bits per heavy atom. The van der Waals surface area contributed by atoms with Crippen LogP contribution in [0.25, 0.3) is 11.3 Å². The van der Waals surface area contributed by atoms with E-state index in [-0.39, 0.29) is 6.03 Å². The number of nitrogens with one attached hydrogen (secondary N) is 2. The van der Waals surface area contributed by atoms with E-state index in [0.29, 0.717) is 17.3 Å². The quantitative estimate of drug-likeness (QED) is 0.732. The molecule has 0 saturated heterocycles. The fourth-order valence-electron chi connectivity index (χ4n) is 2.68. The van der Waals surface area contributed by atoms with E-state index in [2.05, 4.69) is 26.9 Å². The highest BCUT2D eigenvalue weighted by Gasteiger charge is 2.06. The number of hydrogen-bond acceptors (Lipinski definition) is 4. The summed E-state index contributed by atoms with van der Waals surface area (Å²) < 4.78 is 5.02. The molecule has 0 saturated carbocycles. The van der Waals surface area contributed by atoms with Crippen molar-refractivity contribution in [2.45, 2.75) is 13.8 Å². The first kappa shape index (κ1) is 17.4. The van der Waals surface area contributed by atoms with E-state index >= 15 is 0 Å². The van der Waals surface area contributed by atoms with Crippen molar-refractivity contribution in [3.8, 4) is 17.1 Å². The van der Waals surface area contributed by atoms with Crippen LogP contribution in [0.2, 0.25) is 0 Å². The van der Waals surface area contributed by atoms with E-state index < -0.39 is 0 Å². The first-order chi connectivity index (χ1) is 12.5. The van der Waals surface area contributed by atoms with Crippen molar-refractivity contribution in [2.24, 2.45) is 0 Å². The number of ether oxygens (including phenoxy) is 1. The fraction of sp³-hybridized carbons (Fsp3) is 0.150. The van der Waals surface area contributed by atoms with Gasteiger partial charge in [0.1, 0.15) is 0 Å². The molecule has 26 heavy (non-hydrogen) atoms. The van der Waals surface area contributed by atoms with Gasteiger partial charge in [-0.15, -0.1) is 10.2 Å². The van der Waals surface area contributed by atoms with Crippen LogP contribution < -0.4 is 15.4 Å². The second kappa shape index (κ2) is 7.65. The lowest BCUT2D eigenvalue weighted by atomic mass is 10.1. The Balaban J connectivity index is 1.72. The number of urea groups is 1. The number of anilines is 2. The van der Waals surface area contributed by atoms with Crippen LogP contribution in [0.4, 0.5) is 16.2 Å². The molecular formula is C20H20N4O2. The number of carbonyl (C=O) groups is 1. The third kappa shape index (κ3) is 4.36. The third-order valence-corrected chi connectivity index (χ3v) is 3.74. The van der Waals surface area contributed by atoms with Gasteiger partial charge in [0, 0.05) is 23.0 Å². The van der Waals surface area contributed by atoms with Gasteiger partial charge in [0.15, 0.2) is 0 Å². The molecule has 0 bridgehead atoms. The van der Waals surface area contributed by atoms with Crippen molar-refractivity contribution in [2.75, 3.05) is 17.7 Å². The van der Waals surface area contributed by atoms with E-state index in [9.17, 15) is 4.79 Å². The molecule has 6 heteroatoms. The van der Waals surface area contributed by atoms with E-state index in [1.807, 2.05) is 56.3 Å². The Kier molecular flexibility index (Phi) is 5.12. The monoisotopic (exact) mass is 348 g/mol. The van der Waals surface area contributed by atoms with Crippen molar-refractivity contribution in [1.82, 2.24) is 10.2 Å². The van der Waals surface area contributed by atoms with Gasteiger partial charge in [-0.05, 0) is 55.3 Å². The van der Waals surface area contributed by atoms with Crippen LogP contribution in [0.1, 0.15) is 11.1 Å². The molecule has 0 atom stereocenters. The molecule has 0 radical (unpaired) electrons. The predicted octanol–water partition coefficient (Wildman–Crippen LogP) is 4.41. The maximum atomic E-state index is 12.3. The average molecular weight is 348 g/mol. The Hall–Kier alpha value is -3.41. The van der Waals surface area contributed by atoms with Crippen molar-refractivity contribution in [3.05, 3.63) is 65.7 Å². The molecule has 0 spiro atoms. The Morgan fingerprint density at radius 2 is 1.62 bits per heavy atom. The van der Waals surface area contributed by atoms with Gasteiger partial charge in [0.2, 0.25) is 5.88 Å². The Bertz CT molecular complexity index is 903. The Labute approximate surface area is 152 Å². The lowest BCUT2D eigenvalue weighted by molar-refractivity contribution is 0.262. The van der Waals surface area contributed by atoms with Gasteiger partial charge < -0.3 is 15.4 Å². The third-order valence-electron chi connectivity index (χ3n) is 3.74. The van der Waals surface area contributed by atoms with Crippen LogP contribution >= 0.6 is 0 Å². The normalized spacial score (nSPS) is 10.3. The number of carbonyl (C=O) groups excluding carboxylic acids is 1. The molecule has 0 aliphatic heterocycles. The molecule has 2 aromatic carbocycles. The summed E-state index contributed by atoms with van der Waals surface area (Å²) in [6, 6.07) is 16.6. The van der Waals surface area contributed by atoms with Gasteiger partial charge in [-0.1, -0.05) is 18.2 Å². The topological polar surface area (TPSA) is 76.1 Å². The Morgan fingerprint density at radius 1 is 0.885 bits per heavy atom. The van der Waals surface area contributed by atoms with Crippen molar-refractivity contribution < 1.29 is 9.53 Å². The molecule has 0 fully saturated rings. The summed E-state index contributed by atoms with van der Waals surface area (Å²) in [7, 11) is 1.54. The van der Waals surface area contributed by atoms with Gasteiger partial charge in [0.05, 0.1) is 12.8 Å². The molecule has 2 amide bonds. The average Bonchev–Trinajstić information content (AvgIpc) is 2.61. The van der Waals surface area contributed by atoms with Crippen LogP contribution in [0.3, 0.4) is 0 Å². The van der Waals surface area contributed by atoms with Gasteiger partial charge in [-0.2, -0.15) is 0 Å². The van der Waals surface area contributed by atoms with Crippen LogP contribution in [0, 0.1) is 13.8 Å². The number of nitrogens with zero attached hydrogens (tertiary/aromatic N) is 2. The summed E-state index contributed by atoms with van der Waals surface area (Å²) >= 11 is 0. The van der Waals surface area contributed by atoms with E-state index in [1.165, 1.54) is 0 Å². The molecule has 0 unspecified atom stereocenters.